The molecule has 0 unspecified atom stereocenters. The molecule has 0 radical (unpaired) electrons. The molecular weight excluding hydrogens is 426 g/mol. The topological polar surface area (TPSA) is 72.3 Å². The van der Waals surface area contributed by atoms with Gasteiger partial charge in [-0.3, -0.25) is 4.98 Å². The van der Waals surface area contributed by atoms with Crippen molar-refractivity contribution in [1.29, 1.82) is 0 Å². The van der Waals surface area contributed by atoms with Crippen molar-refractivity contribution in [3.63, 3.8) is 0 Å². The van der Waals surface area contributed by atoms with Gasteiger partial charge in [0.15, 0.2) is 5.69 Å². The number of carbonyl (C=O) groups is 1. The van der Waals surface area contributed by atoms with Gasteiger partial charge in [0, 0.05) is 11.1 Å². The predicted octanol–water partition coefficient (Wildman–Crippen LogP) is 5.78. The van der Waals surface area contributed by atoms with Gasteiger partial charge in [-0.25, -0.2) is 18.6 Å². The molecule has 0 bridgehead atoms. The summed E-state index contributed by atoms with van der Waals surface area (Å²) < 4.78 is 34.1. The Morgan fingerprint density at radius 1 is 1.13 bits per heavy atom. The van der Waals surface area contributed by atoms with Crippen LogP contribution in [0.1, 0.15) is 46.6 Å². The molecule has 0 aliphatic heterocycles. The molecule has 1 heterocycles. The molecule has 0 amide bonds. The number of carboxylic acid groups (broad SMARTS) is 1. The lowest BCUT2D eigenvalue weighted by Crippen LogP contribution is -2.04. The maximum absolute atomic E-state index is 14.1. The Morgan fingerprint density at radius 2 is 1.94 bits per heavy atom. The first-order valence-corrected chi connectivity index (χ1v) is 9.95. The third kappa shape index (κ3) is 4.41. The second kappa shape index (κ2) is 8.81. The van der Waals surface area contributed by atoms with Crippen molar-refractivity contribution in [2.24, 2.45) is 0 Å². The predicted molar refractivity (Wildman–Crippen MR) is 112 cm³/mol. The highest BCUT2D eigenvalue weighted by molar-refractivity contribution is 6.31. The van der Waals surface area contributed by atoms with Crippen LogP contribution in [-0.2, 0) is 6.61 Å². The van der Waals surface area contributed by atoms with Crippen molar-refractivity contribution in [3.05, 3.63) is 88.0 Å². The molecule has 1 N–H and O–H groups in total. The lowest BCUT2D eigenvalue weighted by atomic mass is 9.99. The Morgan fingerprint density at radius 3 is 2.71 bits per heavy atom. The maximum Gasteiger partial charge on any atom is 0.356 e. The minimum absolute atomic E-state index is 0.124. The fourth-order valence-corrected chi connectivity index (χ4v) is 3.84. The van der Waals surface area contributed by atoms with Crippen LogP contribution in [0.4, 0.5) is 8.78 Å². The van der Waals surface area contributed by atoms with Gasteiger partial charge in [-0.05, 0) is 60.7 Å². The summed E-state index contributed by atoms with van der Waals surface area (Å²) in [5.74, 6) is -1.74. The second-order valence-electron chi connectivity index (χ2n) is 7.03. The van der Waals surface area contributed by atoms with Gasteiger partial charge in [-0.15, -0.1) is 0 Å². The van der Waals surface area contributed by atoms with Gasteiger partial charge >= 0.3 is 5.97 Å². The molecule has 0 spiro atoms. The third-order valence-electron chi connectivity index (χ3n) is 5.08. The van der Waals surface area contributed by atoms with Crippen LogP contribution >= 0.6 is 11.6 Å². The first-order chi connectivity index (χ1) is 14.9. The van der Waals surface area contributed by atoms with E-state index in [1.54, 1.807) is 6.07 Å². The third-order valence-corrected chi connectivity index (χ3v) is 5.44. The van der Waals surface area contributed by atoms with Crippen molar-refractivity contribution in [2.45, 2.75) is 25.9 Å². The number of aromatic carboxylic acids is 1. The molecule has 158 valence electrons. The molecule has 1 aliphatic carbocycles. The SMILES string of the molecule is O=C(O)c1cncc(C2=C(c3cc(F)ccc3OCc3c(F)cccc3Cl)CCC2)n1. The molecule has 0 saturated carbocycles. The van der Waals surface area contributed by atoms with Crippen molar-refractivity contribution in [2.75, 3.05) is 0 Å². The fourth-order valence-electron chi connectivity index (χ4n) is 3.62. The standard InChI is InChI=1S/C23H17ClF2N2O3/c24-18-5-2-6-19(26)17(18)12-31-22-8-7-13(25)9-16(22)14-3-1-4-15(14)20-10-27-11-21(28-20)23(29)30/h2,5-11H,1,3-4,12H2,(H,29,30). The van der Waals surface area contributed by atoms with E-state index in [1.165, 1.54) is 42.7 Å². The van der Waals surface area contributed by atoms with E-state index in [2.05, 4.69) is 9.97 Å². The lowest BCUT2D eigenvalue weighted by molar-refractivity contribution is 0.0690. The van der Waals surface area contributed by atoms with Crippen LogP contribution in [0, 0.1) is 11.6 Å². The van der Waals surface area contributed by atoms with E-state index >= 15 is 0 Å². The number of carboxylic acids is 1. The zero-order chi connectivity index (χ0) is 22.0. The first-order valence-electron chi connectivity index (χ1n) is 9.57. The maximum atomic E-state index is 14.1. The van der Waals surface area contributed by atoms with Crippen LogP contribution in [0.5, 0.6) is 5.75 Å². The van der Waals surface area contributed by atoms with E-state index in [4.69, 9.17) is 16.3 Å². The smallest absolute Gasteiger partial charge is 0.356 e. The molecular formula is C23H17ClF2N2O3. The number of allylic oxidation sites excluding steroid dienone is 2. The number of halogens is 3. The van der Waals surface area contributed by atoms with Gasteiger partial charge in [0.25, 0.3) is 0 Å². The van der Waals surface area contributed by atoms with E-state index < -0.39 is 17.6 Å². The summed E-state index contributed by atoms with van der Waals surface area (Å²) in [5, 5.41) is 9.45. The highest BCUT2D eigenvalue weighted by Crippen LogP contribution is 2.42. The molecule has 4 rings (SSSR count). The van der Waals surface area contributed by atoms with Gasteiger partial charge in [0.2, 0.25) is 0 Å². The van der Waals surface area contributed by atoms with E-state index in [0.29, 0.717) is 29.8 Å². The molecule has 0 saturated heterocycles. The van der Waals surface area contributed by atoms with Crippen LogP contribution in [0.25, 0.3) is 11.1 Å². The summed E-state index contributed by atoms with van der Waals surface area (Å²) in [4.78, 5) is 19.4. The Labute approximate surface area is 182 Å². The number of aromatic nitrogens is 2. The highest BCUT2D eigenvalue weighted by Gasteiger charge is 2.23. The molecule has 0 atom stereocenters. The Bertz CT molecular complexity index is 1180. The molecule has 31 heavy (non-hydrogen) atoms. The van der Waals surface area contributed by atoms with Crippen LogP contribution in [0.3, 0.4) is 0 Å². The average molecular weight is 443 g/mol. The van der Waals surface area contributed by atoms with Gasteiger partial charge in [0.1, 0.15) is 24.0 Å². The van der Waals surface area contributed by atoms with Crippen molar-refractivity contribution < 1.29 is 23.4 Å². The van der Waals surface area contributed by atoms with E-state index in [0.717, 1.165) is 17.6 Å². The second-order valence-corrected chi connectivity index (χ2v) is 7.44. The molecule has 0 fully saturated rings. The Hall–Kier alpha value is -3.32. The molecule has 8 heteroatoms. The first kappa shape index (κ1) is 20.9. The summed E-state index contributed by atoms with van der Waals surface area (Å²) in [6.07, 6.45) is 4.73. The number of hydrogen-bond donors (Lipinski definition) is 1. The molecule has 3 aromatic rings. The normalized spacial score (nSPS) is 13.5. The Balaban J connectivity index is 1.73. The molecule has 1 aromatic heterocycles. The number of ether oxygens (including phenoxy) is 1. The zero-order valence-electron chi connectivity index (χ0n) is 16.2. The van der Waals surface area contributed by atoms with E-state index in [9.17, 15) is 18.7 Å². The number of hydrogen-bond acceptors (Lipinski definition) is 4. The van der Waals surface area contributed by atoms with Crippen molar-refractivity contribution in [3.8, 4) is 5.75 Å². The molecule has 1 aliphatic rings. The van der Waals surface area contributed by atoms with Crippen molar-refractivity contribution >= 4 is 28.7 Å². The molecule has 2 aromatic carbocycles. The summed E-state index contributed by atoms with van der Waals surface area (Å²) in [7, 11) is 0. The molecule has 5 nitrogen and oxygen atoms in total. The minimum Gasteiger partial charge on any atom is -0.488 e. The quantitative estimate of drug-likeness (QED) is 0.524. The summed E-state index contributed by atoms with van der Waals surface area (Å²) in [6.45, 7) is -0.124. The van der Waals surface area contributed by atoms with Crippen LogP contribution in [-0.4, -0.2) is 21.0 Å². The Kier molecular flexibility index (Phi) is 5.95. The fraction of sp³-hybridized carbons (Fsp3) is 0.174. The van der Waals surface area contributed by atoms with Crippen LogP contribution in [0.2, 0.25) is 5.02 Å². The summed E-state index contributed by atoms with van der Waals surface area (Å²) >= 11 is 6.08. The van der Waals surface area contributed by atoms with Crippen LogP contribution < -0.4 is 4.74 Å². The largest absolute Gasteiger partial charge is 0.488 e. The van der Waals surface area contributed by atoms with E-state index in [1.807, 2.05) is 0 Å². The lowest BCUT2D eigenvalue weighted by Gasteiger charge is -2.15. The van der Waals surface area contributed by atoms with Gasteiger partial charge < -0.3 is 9.84 Å². The number of rotatable bonds is 6. The summed E-state index contributed by atoms with van der Waals surface area (Å²) in [5.41, 5.74) is 2.57. The van der Waals surface area contributed by atoms with Crippen LogP contribution in [0.15, 0.2) is 48.8 Å². The number of nitrogens with zero attached hydrogens (tertiary/aromatic N) is 2. The van der Waals surface area contributed by atoms with E-state index in [-0.39, 0.29) is 22.9 Å². The van der Waals surface area contributed by atoms with Gasteiger partial charge in [0.05, 0.1) is 23.1 Å². The monoisotopic (exact) mass is 442 g/mol. The van der Waals surface area contributed by atoms with Gasteiger partial charge in [-0.2, -0.15) is 0 Å². The van der Waals surface area contributed by atoms with Gasteiger partial charge in [-0.1, -0.05) is 17.7 Å². The minimum atomic E-state index is -1.17. The zero-order valence-corrected chi connectivity index (χ0v) is 17.0. The summed E-state index contributed by atoms with van der Waals surface area (Å²) in [6, 6.07) is 8.48. The number of benzene rings is 2. The average Bonchev–Trinajstić information content (AvgIpc) is 3.24. The van der Waals surface area contributed by atoms with Crippen molar-refractivity contribution in [1.82, 2.24) is 9.97 Å². The highest BCUT2D eigenvalue weighted by atomic mass is 35.5.